The smallest absolute Gasteiger partial charge is 0.211 e. The van der Waals surface area contributed by atoms with Crippen LogP contribution in [-0.4, -0.2) is 9.13 Å². The van der Waals surface area contributed by atoms with Gasteiger partial charge in [-0.25, -0.2) is 4.85 Å². The van der Waals surface area contributed by atoms with Gasteiger partial charge in [0.05, 0.1) is 57.6 Å². The van der Waals surface area contributed by atoms with Crippen LogP contribution >= 0.6 is 0 Å². The molecule has 0 spiro atoms. The van der Waals surface area contributed by atoms with Crippen molar-refractivity contribution in [3.63, 3.8) is 0 Å². The highest BCUT2D eigenvalue weighted by Gasteiger charge is 2.20. The standard InChI is InChI=1S/C45H25N5/c1-48-39-16-9-15-37-34-12-3-5-17-40(34)49(45(37)39)32-23-21-30(22-24-32)44-31(28-47)10-8-14-36(44)33-11-2-6-18-41(33)50-42-19-7-4-13-35(42)38-26-29(27-46)20-25-43(38)50/h2-26H. The first-order valence-corrected chi connectivity index (χ1v) is 16.3. The first kappa shape index (κ1) is 28.8. The number of para-hydroxylation sites is 4. The van der Waals surface area contributed by atoms with E-state index >= 15 is 0 Å². The van der Waals surface area contributed by atoms with E-state index in [0.29, 0.717) is 16.8 Å². The summed E-state index contributed by atoms with van der Waals surface area (Å²) in [4.78, 5) is 3.87. The van der Waals surface area contributed by atoms with Crippen LogP contribution < -0.4 is 0 Å². The fourth-order valence-electron chi connectivity index (χ4n) is 7.52. The Balaban J connectivity index is 1.25. The van der Waals surface area contributed by atoms with Crippen molar-refractivity contribution >= 4 is 49.3 Å². The fourth-order valence-corrected chi connectivity index (χ4v) is 7.52. The number of benzene rings is 7. The van der Waals surface area contributed by atoms with E-state index in [1.54, 1.807) is 0 Å². The van der Waals surface area contributed by atoms with Crippen LogP contribution in [0.25, 0.3) is 82.1 Å². The number of aromatic nitrogens is 2. The molecule has 2 aromatic heterocycles. The summed E-state index contributed by atoms with van der Waals surface area (Å²) >= 11 is 0. The molecule has 0 unspecified atom stereocenters. The monoisotopic (exact) mass is 635 g/mol. The number of rotatable bonds is 4. The second kappa shape index (κ2) is 11.4. The Morgan fingerprint density at radius 2 is 1.16 bits per heavy atom. The number of nitriles is 2. The summed E-state index contributed by atoms with van der Waals surface area (Å²) in [6.07, 6.45) is 0. The van der Waals surface area contributed by atoms with Crippen LogP contribution in [0.1, 0.15) is 11.1 Å². The molecule has 9 rings (SSSR count). The second-order valence-electron chi connectivity index (χ2n) is 12.2. The maximum atomic E-state index is 10.4. The highest BCUT2D eigenvalue weighted by molar-refractivity contribution is 6.13. The van der Waals surface area contributed by atoms with Gasteiger partial charge in [0.2, 0.25) is 5.69 Å². The molecular weight excluding hydrogens is 611 g/mol. The molecule has 0 saturated carbocycles. The molecule has 0 aliphatic heterocycles. The van der Waals surface area contributed by atoms with Gasteiger partial charge in [0, 0.05) is 33.0 Å². The Bertz CT molecular complexity index is 2960. The third-order valence-corrected chi connectivity index (χ3v) is 9.63. The molecule has 0 saturated heterocycles. The molecule has 0 aliphatic rings. The van der Waals surface area contributed by atoms with Crippen LogP contribution in [0, 0.1) is 29.2 Å². The van der Waals surface area contributed by atoms with Crippen molar-refractivity contribution in [2.24, 2.45) is 0 Å². The highest BCUT2D eigenvalue weighted by atomic mass is 15.0. The Morgan fingerprint density at radius 3 is 1.92 bits per heavy atom. The largest absolute Gasteiger partial charge is 0.319 e. The van der Waals surface area contributed by atoms with Gasteiger partial charge in [0.1, 0.15) is 0 Å². The van der Waals surface area contributed by atoms with E-state index in [4.69, 9.17) is 6.57 Å². The van der Waals surface area contributed by atoms with E-state index in [1.165, 1.54) is 0 Å². The van der Waals surface area contributed by atoms with Gasteiger partial charge in [-0.2, -0.15) is 10.5 Å². The van der Waals surface area contributed by atoms with E-state index in [9.17, 15) is 10.5 Å². The molecule has 0 radical (unpaired) electrons. The molecule has 2 heterocycles. The Labute approximate surface area is 288 Å². The summed E-state index contributed by atoms with van der Waals surface area (Å²) < 4.78 is 4.42. The quantitative estimate of drug-likeness (QED) is 0.181. The van der Waals surface area contributed by atoms with Crippen molar-refractivity contribution in [2.75, 3.05) is 0 Å². The van der Waals surface area contributed by atoms with Crippen molar-refractivity contribution in [2.45, 2.75) is 0 Å². The van der Waals surface area contributed by atoms with E-state index in [2.05, 4.69) is 98.9 Å². The van der Waals surface area contributed by atoms with Crippen molar-refractivity contribution in [3.05, 3.63) is 174 Å². The normalized spacial score (nSPS) is 11.1. The molecule has 0 atom stereocenters. The van der Waals surface area contributed by atoms with Crippen molar-refractivity contribution in [3.8, 4) is 45.8 Å². The maximum Gasteiger partial charge on any atom is 0.211 e. The van der Waals surface area contributed by atoms with Gasteiger partial charge in [-0.15, -0.1) is 0 Å². The zero-order valence-corrected chi connectivity index (χ0v) is 26.7. The van der Waals surface area contributed by atoms with Gasteiger partial charge >= 0.3 is 0 Å². The Morgan fingerprint density at radius 1 is 0.520 bits per heavy atom. The summed E-state index contributed by atoms with van der Waals surface area (Å²) in [7, 11) is 0. The van der Waals surface area contributed by atoms with Crippen LogP contribution in [0.2, 0.25) is 0 Å². The molecule has 230 valence electrons. The van der Waals surface area contributed by atoms with Crippen LogP contribution in [0.15, 0.2) is 152 Å². The zero-order chi connectivity index (χ0) is 33.8. The molecular formula is C45H25N5. The molecule has 0 N–H and O–H groups in total. The zero-order valence-electron chi connectivity index (χ0n) is 26.7. The summed E-state index contributed by atoms with van der Waals surface area (Å²) in [5.74, 6) is 0. The minimum atomic E-state index is 0.582. The molecule has 0 bridgehead atoms. The lowest BCUT2D eigenvalue weighted by atomic mass is 9.90. The highest BCUT2D eigenvalue weighted by Crippen LogP contribution is 2.42. The van der Waals surface area contributed by atoms with Crippen molar-refractivity contribution in [1.82, 2.24) is 9.13 Å². The molecule has 7 aromatic carbocycles. The SMILES string of the molecule is [C-]#[N+]c1cccc2c3ccccc3n(-c3ccc(-c4c(C#N)cccc4-c4ccccc4-n4c5ccccc5c5cc(C#N)ccc54)cc3)c12. The third kappa shape index (κ3) is 4.24. The average Bonchev–Trinajstić information content (AvgIpc) is 3.70. The lowest BCUT2D eigenvalue weighted by Gasteiger charge is -2.18. The van der Waals surface area contributed by atoms with E-state index in [-0.39, 0.29) is 0 Å². The van der Waals surface area contributed by atoms with Crippen LogP contribution in [-0.2, 0) is 0 Å². The van der Waals surface area contributed by atoms with Gasteiger partial charge in [-0.1, -0.05) is 97.1 Å². The van der Waals surface area contributed by atoms with Crippen LogP contribution in [0.3, 0.4) is 0 Å². The number of nitrogens with zero attached hydrogens (tertiary/aromatic N) is 5. The number of fused-ring (bicyclic) bond motifs is 6. The minimum absolute atomic E-state index is 0.582. The second-order valence-corrected chi connectivity index (χ2v) is 12.2. The third-order valence-electron chi connectivity index (χ3n) is 9.63. The summed E-state index contributed by atoms with van der Waals surface area (Å²) in [5, 5.41) is 24.3. The maximum absolute atomic E-state index is 10.4. The molecule has 0 amide bonds. The van der Waals surface area contributed by atoms with Crippen molar-refractivity contribution in [1.29, 1.82) is 10.5 Å². The van der Waals surface area contributed by atoms with E-state index < -0.39 is 0 Å². The van der Waals surface area contributed by atoms with Crippen LogP contribution in [0.5, 0.6) is 0 Å². The number of hydrogen-bond donors (Lipinski definition) is 0. The van der Waals surface area contributed by atoms with E-state index in [0.717, 1.165) is 77.2 Å². The minimum Gasteiger partial charge on any atom is -0.319 e. The Hall–Kier alpha value is -7.39. The van der Waals surface area contributed by atoms with Crippen molar-refractivity contribution < 1.29 is 0 Å². The van der Waals surface area contributed by atoms with Gasteiger partial charge in [-0.05, 0) is 71.1 Å². The molecule has 9 aromatic rings. The molecule has 50 heavy (non-hydrogen) atoms. The molecule has 0 aliphatic carbocycles. The van der Waals surface area contributed by atoms with Gasteiger partial charge in [0.25, 0.3) is 0 Å². The first-order valence-electron chi connectivity index (χ1n) is 16.3. The van der Waals surface area contributed by atoms with Crippen LogP contribution in [0.4, 0.5) is 5.69 Å². The molecule has 0 fully saturated rings. The van der Waals surface area contributed by atoms with Gasteiger partial charge in [0.15, 0.2) is 0 Å². The lowest BCUT2D eigenvalue weighted by Crippen LogP contribution is -1.99. The summed E-state index contributed by atoms with van der Waals surface area (Å²) in [5.41, 5.74) is 11.4. The lowest BCUT2D eigenvalue weighted by molar-refractivity contribution is 1.18. The first-order chi connectivity index (χ1) is 24.7. The number of hydrogen-bond acceptors (Lipinski definition) is 2. The van der Waals surface area contributed by atoms with Gasteiger partial charge in [-0.3, -0.25) is 0 Å². The molecule has 5 nitrogen and oxygen atoms in total. The fraction of sp³-hybridized carbons (Fsp3) is 0. The topological polar surface area (TPSA) is 61.8 Å². The predicted molar refractivity (Wildman–Crippen MR) is 202 cm³/mol. The average molecular weight is 636 g/mol. The Kier molecular flexibility index (Phi) is 6.56. The summed E-state index contributed by atoms with van der Waals surface area (Å²) in [6.45, 7) is 7.90. The summed E-state index contributed by atoms with van der Waals surface area (Å²) in [6, 6.07) is 55.5. The van der Waals surface area contributed by atoms with Gasteiger partial charge < -0.3 is 9.13 Å². The van der Waals surface area contributed by atoms with E-state index in [1.807, 2.05) is 78.9 Å². The predicted octanol–water partition coefficient (Wildman–Crippen LogP) is 11.5. The molecule has 5 heteroatoms.